The van der Waals surface area contributed by atoms with Crippen molar-refractivity contribution in [1.82, 2.24) is 0 Å². The minimum Gasteiger partial charge on any atom is -0.458 e. The lowest BCUT2D eigenvalue weighted by atomic mass is 9.43. The van der Waals surface area contributed by atoms with Gasteiger partial charge in [-0.1, -0.05) is 13.8 Å². The van der Waals surface area contributed by atoms with Gasteiger partial charge in [-0.2, -0.15) is 0 Å². The fourth-order valence-electron chi connectivity index (χ4n) is 7.92. The lowest BCUT2D eigenvalue weighted by Gasteiger charge is -2.62. The lowest BCUT2D eigenvalue weighted by molar-refractivity contribution is -0.199. The maximum absolute atomic E-state index is 12.9. The minimum absolute atomic E-state index is 0.0555. The second-order valence-corrected chi connectivity index (χ2v) is 10.6. The van der Waals surface area contributed by atoms with Crippen molar-refractivity contribution in [2.75, 3.05) is 6.61 Å². The summed E-state index contributed by atoms with van der Waals surface area (Å²) in [7, 11) is 0. The Hall–Kier alpha value is -1.27. The molecule has 8 atom stereocenters. The fraction of sp³-hybridized carbons (Fsp3) is 0.870. The van der Waals surface area contributed by atoms with Gasteiger partial charge in [-0.15, -0.1) is 0 Å². The predicted octanol–water partition coefficient (Wildman–Crippen LogP) is 2.43. The van der Waals surface area contributed by atoms with Gasteiger partial charge in [-0.05, 0) is 67.6 Å². The van der Waals surface area contributed by atoms with Crippen LogP contribution in [-0.4, -0.2) is 46.1 Å². The molecule has 162 valence electrons. The summed E-state index contributed by atoms with van der Waals surface area (Å²) in [5, 5.41) is 22.8. The third kappa shape index (κ3) is 2.93. The summed E-state index contributed by atoms with van der Waals surface area (Å²) >= 11 is 0. The maximum Gasteiger partial charge on any atom is 0.303 e. The van der Waals surface area contributed by atoms with Crippen LogP contribution in [0.5, 0.6) is 0 Å². The predicted molar refractivity (Wildman–Crippen MR) is 105 cm³/mol. The van der Waals surface area contributed by atoms with Gasteiger partial charge in [0.15, 0.2) is 6.61 Å². The number of aliphatic hydroxyl groups is 2. The second-order valence-electron chi connectivity index (χ2n) is 10.6. The average Bonchev–Trinajstić information content (AvgIpc) is 2.91. The van der Waals surface area contributed by atoms with Gasteiger partial charge in [0.25, 0.3) is 0 Å². The first-order valence-corrected chi connectivity index (χ1v) is 11.1. The number of esters is 1. The van der Waals surface area contributed by atoms with Crippen LogP contribution in [0.2, 0.25) is 0 Å². The van der Waals surface area contributed by atoms with Gasteiger partial charge < -0.3 is 14.9 Å². The van der Waals surface area contributed by atoms with E-state index >= 15 is 0 Å². The van der Waals surface area contributed by atoms with Crippen LogP contribution in [0.25, 0.3) is 0 Å². The van der Waals surface area contributed by atoms with Gasteiger partial charge >= 0.3 is 5.97 Å². The van der Waals surface area contributed by atoms with Crippen molar-refractivity contribution in [1.29, 1.82) is 0 Å². The molecule has 0 heterocycles. The normalized spacial score (nSPS) is 49.0. The molecule has 4 saturated carbocycles. The Labute approximate surface area is 172 Å². The number of ketones is 2. The average molecular weight is 407 g/mol. The van der Waals surface area contributed by atoms with E-state index in [-0.39, 0.29) is 23.2 Å². The molecule has 2 N–H and O–H groups in total. The van der Waals surface area contributed by atoms with E-state index in [4.69, 9.17) is 4.74 Å². The summed E-state index contributed by atoms with van der Waals surface area (Å²) in [5.41, 5.74) is -2.35. The Morgan fingerprint density at radius 3 is 2.59 bits per heavy atom. The van der Waals surface area contributed by atoms with Crippen molar-refractivity contribution in [2.24, 2.45) is 34.5 Å². The maximum atomic E-state index is 12.9. The summed E-state index contributed by atoms with van der Waals surface area (Å²) in [6.45, 7) is 5.02. The molecule has 4 fully saturated rings. The smallest absolute Gasteiger partial charge is 0.303 e. The summed E-state index contributed by atoms with van der Waals surface area (Å²) in [6, 6.07) is 0. The molecule has 0 aromatic heterocycles. The molecule has 0 amide bonds. The molecular formula is C23H34O6. The molecule has 0 saturated heterocycles. The minimum atomic E-state index is -1.57. The first-order valence-electron chi connectivity index (χ1n) is 11.1. The lowest BCUT2D eigenvalue weighted by Crippen LogP contribution is -2.63. The molecule has 29 heavy (non-hydrogen) atoms. The molecule has 0 aromatic rings. The largest absolute Gasteiger partial charge is 0.458 e. The second kappa shape index (κ2) is 6.88. The fourth-order valence-corrected chi connectivity index (χ4v) is 7.92. The van der Waals surface area contributed by atoms with Gasteiger partial charge in [0, 0.05) is 25.2 Å². The first kappa shape index (κ1) is 21.0. The SMILES string of the molecule is CC(=O)OCC(=O)[C@@]1(O)CC[C@H]2[C@@H]3CC[C@@H]4CC(=O)CC[C@]4(C)[C@H]3C(O)C[C@@]21C. The highest BCUT2D eigenvalue weighted by Gasteiger charge is 2.68. The summed E-state index contributed by atoms with van der Waals surface area (Å²) in [6.07, 6.45) is 4.81. The van der Waals surface area contributed by atoms with Crippen LogP contribution in [0.3, 0.4) is 0 Å². The third-order valence-electron chi connectivity index (χ3n) is 9.43. The third-order valence-corrected chi connectivity index (χ3v) is 9.43. The van der Waals surface area contributed by atoms with Crippen LogP contribution in [0.1, 0.15) is 72.1 Å². The van der Waals surface area contributed by atoms with Crippen LogP contribution >= 0.6 is 0 Å². The zero-order valence-electron chi connectivity index (χ0n) is 17.8. The molecule has 4 rings (SSSR count). The Morgan fingerprint density at radius 2 is 1.90 bits per heavy atom. The van der Waals surface area contributed by atoms with Gasteiger partial charge in [0.2, 0.25) is 5.78 Å². The van der Waals surface area contributed by atoms with Gasteiger partial charge in [0.05, 0.1) is 6.10 Å². The Bertz CT molecular complexity index is 733. The van der Waals surface area contributed by atoms with Crippen molar-refractivity contribution < 1.29 is 29.3 Å². The number of carbonyl (C=O) groups is 3. The summed E-state index contributed by atoms with van der Waals surface area (Å²) in [5.74, 6) is 0.182. The number of ether oxygens (including phenoxy) is 1. The summed E-state index contributed by atoms with van der Waals surface area (Å²) < 4.78 is 4.89. The van der Waals surface area contributed by atoms with Crippen molar-refractivity contribution in [2.45, 2.75) is 83.8 Å². The molecule has 0 bridgehead atoms. The van der Waals surface area contributed by atoms with Crippen molar-refractivity contribution in [3.63, 3.8) is 0 Å². The van der Waals surface area contributed by atoms with Crippen LogP contribution in [-0.2, 0) is 19.1 Å². The molecule has 1 unspecified atom stereocenters. The van der Waals surface area contributed by atoms with Crippen molar-refractivity contribution in [3.05, 3.63) is 0 Å². The highest BCUT2D eigenvalue weighted by molar-refractivity contribution is 5.91. The molecule has 0 radical (unpaired) electrons. The number of carbonyl (C=O) groups excluding carboxylic acids is 3. The molecule has 4 aliphatic carbocycles. The van der Waals surface area contributed by atoms with Gasteiger partial charge in [0.1, 0.15) is 11.4 Å². The monoisotopic (exact) mass is 406 g/mol. The van der Waals surface area contributed by atoms with Crippen molar-refractivity contribution in [3.8, 4) is 0 Å². The Morgan fingerprint density at radius 1 is 1.17 bits per heavy atom. The van der Waals surface area contributed by atoms with E-state index in [0.29, 0.717) is 37.4 Å². The number of fused-ring (bicyclic) bond motifs is 5. The van der Waals surface area contributed by atoms with Crippen LogP contribution < -0.4 is 0 Å². The van der Waals surface area contributed by atoms with E-state index in [2.05, 4.69) is 6.92 Å². The molecule has 6 nitrogen and oxygen atoms in total. The first-order chi connectivity index (χ1) is 13.5. The number of rotatable bonds is 3. The van der Waals surface area contributed by atoms with Gasteiger partial charge in [-0.25, -0.2) is 0 Å². The van der Waals surface area contributed by atoms with E-state index < -0.39 is 35.5 Å². The number of aliphatic hydroxyl groups excluding tert-OH is 1. The summed E-state index contributed by atoms with van der Waals surface area (Å²) in [4.78, 5) is 36.1. The standard InChI is InChI=1S/C23H34O6/c1-13(24)29-12-19(27)23(28)9-7-17-16-5-4-14-10-15(25)6-8-21(14,2)20(16)18(26)11-22(17,23)3/h14,16-18,20,26,28H,4-12H2,1-3H3/t14-,16+,17+,18?,20-,21+,22+,23+/m1/s1. The van der Waals surface area contributed by atoms with Crippen LogP contribution in [0.15, 0.2) is 0 Å². The number of Topliss-reactive ketones (excluding diaryl/α,β-unsaturated/α-hetero) is 2. The molecule has 0 aliphatic heterocycles. The quantitative estimate of drug-likeness (QED) is 0.698. The molecule has 0 aromatic carbocycles. The number of hydrogen-bond donors (Lipinski definition) is 2. The highest BCUT2D eigenvalue weighted by Crippen LogP contribution is 2.68. The van der Waals surface area contributed by atoms with E-state index in [1.54, 1.807) is 0 Å². The molecular weight excluding hydrogens is 372 g/mol. The molecule has 0 spiro atoms. The molecule has 6 heteroatoms. The van der Waals surface area contributed by atoms with E-state index in [1.807, 2.05) is 6.92 Å². The van der Waals surface area contributed by atoms with Crippen molar-refractivity contribution >= 4 is 17.5 Å². The van der Waals surface area contributed by atoms with Gasteiger partial charge in [-0.3, -0.25) is 14.4 Å². The number of hydrogen-bond acceptors (Lipinski definition) is 6. The Balaban J connectivity index is 1.63. The topological polar surface area (TPSA) is 101 Å². The zero-order chi connectivity index (χ0) is 21.2. The van der Waals surface area contributed by atoms with E-state index in [0.717, 1.165) is 25.7 Å². The van der Waals surface area contributed by atoms with E-state index in [9.17, 15) is 24.6 Å². The Kier molecular flexibility index (Phi) is 4.97. The van der Waals surface area contributed by atoms with E-state index in [1.165, 1.54) is 6.92 Å². The van der Waals surface area contributed by atoms with Crippen LogP contribution in [0, 0.1) is 34.5 Å². The zero-order valence-corrected chi connectivity index (χ0v) is 17.8. The van der Waals surface area contributed by atoms with Crippen LogP contribution in [0.4, 0.5) is 0 Å². The highest BCUT2D eigenvalue weighted by atomic mass is 16.5. The molecule has 4 aliphatic rings.